The van der Waals surface area contributed by atoms with Crippen molar-refractivity contribution in [1.82, 2.24) is 9.88 Å². The van der Waals surface area contributed by atoms with Crippen molar-refractivity contribution in [2.75, 3.05) is 13.7 Å². The average molecular weight is 443 g/mol. The lowest BCUT2D eigenvalue weighted by Gasteiger charge is -2.08. The summed E-state index contributed by atoms with van der Waals surface area (Å²) in [7, 11) is 1.65. The number of halogens is 1. The van der Waals surface area contributed by atoms with Gasteiger partial charge in [0.15, 0.2) is 0 Å². The van der Waals surface area contributed by atoms with Crippen molar-refractivity contribution in [3.63, 3.8) is 0 Å². The summed E-state index contributed by atoms with van der Waals surface area (Å²) >= 11 is 3.76. The number of amides is 1. The van der Waals surface area contributed by atoms with Crippen molar-refractivity contribution in [2.45, 2.75) is 26.3 Å². The van der Waals surface area contributed by atoms with Crippen LogP contribution in [0.25, 0.3) is 10.9 Å². The van der Waals surface area contributed by atoms with Gasteiger partial charge in [-0.3, -0.25) is 9.59 Å². The zero-order valence-corrected chi connectivity index (χ0v) is 17.6. The van der Waals surface area contributed by atoms with Crippen LogP contribution in [0.2, 0.25) is 0 Å². The number of hydrogen-bond donors (Lipinski definition) is 1. The molecule has 1 heterocycles. The fourth-order valence-electron chi connectivity index (χ4n) is 3.27. The Morgan fingerprint density at radius 2 is 1.89 bits per heavy atom. The number of nitrogens with one attached hydrogen (secondary N) is 1. The molecule has 0 aliphatic carbocycles. The summed E-state index contributed by atoms with van der Waals surface area (Å²) in [5.41, 5.74) is 3.41. The molecular weight excluding hydrogens is 420 g/mol. The largest absolute Gasteiger partial charge is 0.497 e. The van der Waals surface area contributed by atoms with Crippen LogP contribution in [-0.2, 0) is 22.6 Å². The smallest absolute Gasteiger partial charge is 0.227 e. The lowest BCUT2D eigenvalue weighted by Crippen LogP contribution is -2.27. The third-order valence-electron chi connectivity index (χ3n) is 4.60. The van der Waals surface area contributed by atoms with E-state index >= 15 is 0 Å². The third-order valence-corrected chi connectivity index (χ3v) is 5.50. The second-order valence-corrected chi connectivity index (χ2v) is 7.45. The minimum absolute atomic E-state index is 0.0786. The van der Waals surface area contributed by atoms with Crippen LogP contribution in [0.5, 0.6) is 5.75 Å². The Kier molecular flexibility index (Phi) is 6.52. The number of carbonyl (C=O) groups excluding carboxylic acids is 2. The molecule has 0 fully saturated rings. The lowest BCUT2D eigenvalue weighted by atomic mass is 10.1. The first-order valence-electron chi connectivity index (χ1n) is 9.14. The number of ether oxygens (including phenoxy) is 1. The highest BCUT2D eigenvalue weighted by molar-refractivity contribution is 9.10. The number of Topliss-reactive ketones (excluding diaryl/α,β-unsaturated/α-hetero) is 1. The molecule has 5 nitrogen and oxygen atoms in total. The monoisotopic (exact) mass is 442 g/mol. The summed E-state index contributed by atoms with van der Waals surface area (Å²) in [6, 6.07) is 16.3. The molecule has 0 spiro atoms. The highest BCUT2D eigenvalue weighted by Crippen LogP contribution is 2.34. The van der Waals surface area contributed by atoms with Crippen molar-refractivity contribution < 1.29 is 14.3 Å². The van der Waals surface area contributed by atoms with Gasteiger partial charge < -0.3 is 14.6 Å². The maximum atomic E-state index is 11.8. The molecule has 0 unspecified atom stereocenters. The molecule has 0 radical (unpaired) electrons. The van der Waals surface area contributed by atoms with E-state index in [1.807, 2.05) is 30.3 Å². The molecule has 0 aliphatic rings. The van der Waals surface area contributed by atoms with Crippen molar-refractivity contribution in [3.8, 4) is 5.75 Å². The molecule has 6 heteroatoms. The molecule has 0 bridgehead atoms. The molecule has 146 valence electrons. The van der Waals surface area contributed by atoms with E-state index in [2.05, 4.69) is 44.0 Å². The van der Waals surface area contributed by atoms with Gasteiger partial charge in [-0.1, -0.05) is 30.3 Å². The van der Waals surface area contributed by atoms with Crippen molar-refractivity contribution in [3.05, 3.63) is 64.3 Å². The van der Waals surface area contributed by atoms with Gasteiger partial charge in [0, 0.05) is 24.0 Å². The van der Waals surface area contributed by atoms with E-state index in [1.54, 1.807) is 7.11 Å². The molecule has 0 aliphatic heterocycles. The molecular formula is C22H23BrN2O3. The van der Waals surface area contributed by atoms with Crippen LogP contribution in [-0.4, -0.2) is 29.9 Å². The van der Waals surface area contributed by atoms with E-state index in [0.717, 1.165) is 33.4 Å². The number of aromatic nitrogens is 1. The number of methoxy groups -OCH3 is 1. The topological polar surface area (TPSA) is 60.3 Å². The second kappa shape index (κ2) is 9.06. The first-order valence-corrected chi connectivity index (χ1v) is 9.93. The number of fused-ring (bicyclic) bond motifs is 1. The van der Waals surface area contributed by atoms with Gasteiger partial charge in [-0.25, -0.2) is 0 Å². The van der Waals surface area contributed by atoms with Crippen LogP contribution in [0.3, 0.4) is 0 Å². The van der Waals surface area contributed by atoms with Crippen LogP contribution in [0.15, 0.2) is 53.1 Å². The van der Waals surface area contributed by atoms with E-state index in [-0.39, 0.29) is 18.1 Å². The predicted octanol–water partition coefficient (Wildman–Crippen LogP) is 4.10. The molecule has 1 N–H and O–H groups in total. The Morgan fingerprint density at radius 1 is 1.14 bits per heavy atom. The minimum atomic E-state index is -0.241. The lowest BCUT2D eigenvalue weighted by molar-refractivity contribution is -0.127. The molecule has 1 aromatic heterocycles. The van der Waals surface area contributed by atoms with Crippen LogP contribution in [0.4, 0.5) is 0 Å². The standard InChI is InChI=1S/C22H23BrN2O3/c1-15(26)12-21(27)24-11-10-18-19-13-17(28-2)8-9-20(19)25(22(18)23)14-16-6-4-3-5-7-16/h3-9,13H,10-12,14H2,1-2H3,(H,24,27). The molecule has 1 amide bonds. The summed E-state index contributed by atoms with van der Waals surface area (Å²) in [4.78, 5) is 22.8. The zero-order chi connectivity index (χ0) is 20.1. The first-order chi connectivity index (χ1) is 13.5. The summed E-state index contributed by atoms with van der Waals surface area (Å²) < 4.78 is 8.60. The number of rotatable bonds is 8. The molecule has 0 saturated carbocycles. The van der Waals surface area contributed by atoms with Crippen LogP contribution in [0.1, 0.15) is 24.5 Å². The highest BCUT2D eigenvalue weighted by atomic mass is 79.9. The predicted molar refractivity (Wildman–Crippen MR) is 114 cm³/mol. The van der Waals surface area contributed by atoms with E-state index in [0.29, 0.717) is 13.0 Å². The number of hydrogen-bond acceptors (Lipinski definition) is 3. The van der Waals surface area contributed by atoms with Crippen LogP contribution >= 0.6 is 15.9 Å². The van der Waals surface area contributed by atoms with Gasteiger partial charge in [-0.15, -0.1) is 0 Å². The highest BCUT2D eigenvalue weighted by Gasteiger charge is 2.16. The summed E-state index contributed by atoms with van der Waals surface area (Å²) in [5, 5.41) is 3.91. The van der Waals surface area contributed by atoms with Crippen molar-refractivity contribution in [2.24, 2.45) is 0 Å². The Labute approximate surface area is 172 Å². The Morgan fingerprint density at radius 3 is 2.57 bits per heavy atom. The van der Waals surface area contributed by atoms with E-state index in [4.69, 9.17) is 4.74 Å². The van der Waals surface area contributed by atoms with Gasteiger partial charge in [0.05, 0.1) is 18.1 Å². The van der Waals surface area contributed by atoms with Gasteiger partial charge in [0.2, 0.25) is 5.91 Å². The quantitative estimate of drug-likeness (QED) is 0.534. The second-order valence-electron chi connectivity index (χ2n) is 6.70. The fourth-order valence-corrected chi connectivity index (χ4v) is 4.00. The Hall–Kier alpha value is -2.60. The normalized spacial score (nSPS) is 10.8. The van der Waals surface area contributed by atoms with Gasteiger partial charge in [-0.05, 0) is 58.6 Å². The van der Waals surface area contributed by atoms with Gasteiger partial charge >= 0.3 is 0 Å². The van der Waals surface area contributed by atoms with Gasteiger partial charge in [0.25, 0.3) is 0 Å². The zero-order valence-electron chi connectivity index (χ0n) is 16.0. The average Bonchev–Trinajstić information content (AvgIpc) is 2.93. The van der Waals surface area contributed by atoms with E-state index in [9.17, 15) is 9.59 Å². The number of benzene rings is 2. The Bertz CT molecular complexity index is 996. The van der Waals surface area contributed by atoms with Gasteiger partial charge in [0.1, 0.15) is 11.5 Å². The summed E-state index contributed by atoms with van der Waals surface area (Å²) in [5.74, 6) is 0.413. The number of nitrogens with zero attached hydrogens (tertiary/aromatic N) is 1. The molecule has 28 heavy (non-hydrogen) atoms. The molecule has 3 rings (SSSR count). The van der Waals surface area contributed by atoms with E-state index in [1.165, 1.54) is 12.5 Å². The SMILES string of the molecule is COc1ccc2c(c1)c(CCNC(=O)CC(C)=O)c(Br)n2Cc1ccccc1. The molecule has 0 saturated heterocycles. The number of carbonyl (C=O) groups is 2. The fraction of sp³-hybridized carbons (Fsp3) is 0.273. The molecule has 2 aromatic carbocycles. The van der Waals surface area contributed by atoms with Crippen LogP contribution in [0, 0.1) is 0 Å². The van der Waals surface area contributed by atoms with Crippen LogP contribution < -0.4 is 10.1 Å². The Balaban J connectivity index is 1.90. The van der Waals surface area contributed by atoms with E-state index < -0.39 is 0 Å². The number of ketones is 1. The molecule has 0 atom stereocenters. The summed E-state index contributed by atoms with van der Waals surface area (Å²) in [6.07, 6.45) is 0.570. The summed E-state index contributed by atoms with van der Waals surface area (Å²) in [6.45, 7) is 2.62. The third kappa shape index (κ3) is 4.62. The van der Waals surface area contributed by atoms with Crippen molar-refractivity contribution in [1.29, 1.82) is 0 Å². The maximum Gasteiger partial charge on any atom is 0.227 e. The van der Waals surface area contributed by atoms with Gasteiger partial charge in [-0.2, -0.15) is 0 Å². The van der Waals surface area contributed by atoms with Crippen molar-refractivity contribution >= 4 is 38.5 Å². The maximum absolute atomic E-state index is 11.8. The molecule has 3 aromatic rings. The first kappa shape index (κ1) is 20.1. The minimum Gasteiger partial charge on any atom is -0.497 e.